The van der Waals surface area contributed by atoms with Gasteiger partial charge in [-0.15, -0.1) is 0 Å². The molecule has 0 atom stereocenters. The highest BCUT2D eigenvalue weighted by molar-refractivity contribution is 5.66. The van der Waals surface area contributed by atoms with Crippen molar-refractivity contribution in [1.82, 2.24) is 53.9 Å². The predicted molar refractivity (Wildman–Crippen MR) is 584 cm³/mol. The fourth-order valence-corrected chi connectivity index (χ4v) is 20.0. The molecule has 18 nitrogen and oxygen atoms in total. The van der Waals surface area contributed by atoms with E-state index in [2.05, 4.69) is 242 Å². The summed E-state index contributed by atoms with van der Waals surface area (Å²) in [5.74, 6) is 11.4. The van der Waals surface area contributed by atoms with Crippen LogP contribution < -0.4 is 18.9 Å². The van der Waals surface area contributed by atoms with Gasteiger partial charge < -0.3 is 82.2 Å². The molecule has 0 amide bonds. The van der Waals surface area contributed by atoms with Gasteiger partial charge in [-0.2, -0.15) is 0 Å². The summed E-state index contributed by atoms with van der Waals surface area (Å²) >= 11 is 0. The van der Waals surface area contributed by atoms with Crippen LogP contribution in [0.4, 0.5) is 0 Å². The summed E-state index contributed by atoms with van der Waals surface area (Å²) in [5, 5.41) is 0. The van der Waals surface area contributed by atoms with E-state index in [4.69, 9.17) is 33.2 Å². The Labute approximate surface area is 844 Å². The molecule has 10 aliphatic heterocycles. The van der Waals surface area contributed by atoms with Gasteiger partial charge in [0.2, 0.25) is 0 Å². The number of hydrogen-bond donors (Lipinski definition) is 0. The molecular weight excluding hydrogens is 1710 g/mol. The Hall–Kier alpha value is -6.04. The Morgan fingerprint density at radius 3 is 0.964 bits per heavy atom. The number of rotatable bonds is 34. The molecule has 0 saturated carbocycles. The van der Waals surface area contributed by atoms with E-state index in [1.54, 1.807) is 14.2 Å². The molecule has 10 fully saturated rings. The van der Waals surface area contributed by atoms with E-state index in [0.717, 1.165) is 128 Å². The van der Waals surface area contributed by atoms with Gasteiger partial charge in [0.1, 0.15) is 23.0 Å². The van der Waals surface area contributed by atoms with Gasteiger partial charge in [0.05, 0.1) is 26.4 Å². The van der Waals surface area contributed by atoms with E-state index in [9.17, 15) is 0 Å². The highest BCUT2D eigenvalue weighted by atomic mass is 16.5. The zero-order valence-corrected chi connectivity index (χ0v) is 90.5. The Balaban J connectivity index is 0.000000177. The summed E-state index contributed by atoms with van der Waals surface area (Å²) in [6.07, 6.45) is 30.6. The lowest BCUT2D eigenvalue weighted by Gasteiger charge is -2.40. The standard InChI is InChI=1S/C20H26O3.2C17H20O2.2C14H28N2.C13H27N3.C13H26N2.C12H24N2/c1-17-5-7-18(8-6-17)19-9-11-20(12-10-19)23-16-4-15-22-14-3-13-21-2;1-14-7-9-15(10-8-14)16-5-3-6-17(13-16)19-12-4-11-18-2;1-14-7-9-16(10-8-14)18-11-4-12-19-17-6-3-5-15(2)13-17;1-13-3-10-16(11-4-13)12-7-14-5-8-15(2)9-6-14;1-13-3-7-15(8-4-13)11-12-16-9-5-14(2)6-10-16;1-13-3-5-15(6-4-13)11-12-16-9-7-14(2)8-10-16;1-12-3-9-15(10-4-12)11-13-5-7-14(2)8-6-13;1-11-3-9-14(10-4-11)12-5-7-13(2)8-6-12/h5-12H,3-4,13-16H2,1-2H3;2*3,5-10,13H,4,11-12H2,1-2H3;2*13-14H,3-12H2,1-2H3;13H,3-12H2,1-2H3;12-13H,3-11H2,1-2H3;11-12H,3-10H2,1-2H3. The molecule has 0 aliphatic carbocycles. The normalized spacial score (nSPS) is 20.2. The van der Waals surface area contributed by atoms with Crippen molar-refractivity contribution in [2.45, 2.75) is 223 Å². The second-order valence-electron chi connectivity index (χ2n) is 43.6. The van der Waals surface area contributed by atoms with Crippen LogP contribution in [-0.2, 0) is 14.2 Å². The highest BCUT2D eigenvalue weighted by Gasteiger charge is 2.28. The third-order valence-electron chi connectivity index (χ3n) is 30.9. The quantitative estimate of drug-likeness (QED) is 0.0358. The molecule has 0 radical (unpaired) electrons. The van der Waals surface area contributed by atoms with Crippen molar-refractivity contribution in [3.05, 3.63) is 168 Å². The van der Waals surface area contributed by atoms with Crippen LogP contribution in [0.3, 0.4) is 0 Å². The van der Waals surface area contributed by atoms with Crippen molar-refractivity contribution in [1.29, 1.82) is 0 Å². The van der Waals surface area contributed by atoms with Crippen molar-refractivity contribution in [2.24, 2.45) is 47.3 Å². The molecule has 776 valence electrons. The zero-order chi connectivity index (χ0) is 98.1. The average Bonchev–Trinajstić information content (AvgIpc) is 0.858. The highest BCUT2D eigenvalue weighted by Crippen LogP contribution is 2.31. The lowest BCUT2D eigenvalue weighted by molar-refractivity contribution is 0.0887. The van der Waals surface area contributed by atoms with E-state index in [1.165, 1.54) is 350 Å². The summed E-state index contributed by atoms with van der Waals surface area (Å²) < 4.78 is 38.2. The zero-order valence-electron chi connectivity index (χ0n) is 90.5. The van der Waals surface area contributed by atoms with Crippen molar-refractivity contribution < 1.29 is 33.2 Å². The first-order chi connectivity index (χ1) is 67.0. The van der Waals surface area contributed by atoms with Crippen LogP contribution in [0.5, 0.6) is 23.0 Å². The van der Waals surface area contributed by atoms with Crippen LogP contribution in [0, 0.1) is 75.0 Å². The molecule has 6 aromatic rings. The molecule has 18 heteroatoms. The van der Waals surface area contributed by atoms with Gasteiger partial charge in [-0.1, -0.05) is 155 Å². The number of nitrogens with zero attached hydrogens (tertiary/aromatic N) is 11. The molecule has 6 aromatic carbocycles. The molecule has 0 N–H and O–H groups in total. The minimum Gasteiger partial charge on any atom is -0.494 e. The maximum Gasteiger partial charge on any atom is 0.119 e. The number of benzene rings is 6. The summed E-state index contributed by atoms with van der Waals surface area (Å²) in [7, 11) is 12.4. The van der Waals surface area contributed by atoms with Crippen molar-refractivity contribution in [3.8, 4) is 45.3 Å². The van der Waals surface area contributed by atoms with Gasteiger partial charge in [-0.3, -0.25) is 4.90 Å². The summed E-state index contributed by atoms with van der Waals surface area (Å²) in [4.78, 5) is 28.6. The van der Waals surface area contributed by atoms with Crippen molar-refractivity contribution in [2.75, 3.05) is 279 Å². The van der Waals surface area contributed by atoms with Gasteiger partial charge in [0, 0.05) is 125 Å². The minimum atomic E-state index is 0.675. The fourth-order valence-electron chi connectivity index (χ4n) is 20.0. The molecule has 0 bridgehead atoms. The van der Waals surface area contributed by atoms with E-state index >= 15 is 0 Å². The van der Waals surface area contributed by atoms with Crippen LogP contribution in [0.1, 0.15) is 211 Å². The van der Waals surface area contributed by atoms with Gasteiger partial charge in [0.25, 0.3) is 0 Å². The second-order valence-corrected chi connectivity index (χ2v) is 43.6. The number of likely N-dealkylation sites (tertiary alicyclic amines) is 9. The number of piperazine rings is 1. The maximum absolute atomic E-state index is 5.74. The number of methoxy groups -OCH3 is 2. The van der Waals surface area contributed by atoms with Crippen LogP contribution in [-0.4, -0.2) is 338 Å². The molecule has 0 spiro atoms. The molecular formula is C120H199N11O7. The predicted octanol–water partition coefficient (Wildman–Crippen LogP) is 22.5. The molecule has 10 aliphatic rings. The van der Waals surface area contributed by atoms with Gasteiger partial charge >= 0.3 is 0 Å². The van der Waals surface area contributed by atoms with Crippen LogP contribution in [0.2, 0.25) is 0 Å². The smallest absolute Gasteiger partial charge is 0.119 e. The van der Waals surface area contributed by atoms with Gasteiger partial charge in [-0.25, -0.2) is 0 Å². The van der Waals surface area contributed by atoms with E-state index < -0.39 is 0 Å². The Morgan fingerprint density at radius 2 is 0.551 bits per heavy atom. The maximum atomic E-state index is 5.74. The molecule has 0 aromatic heterocycles. The molecule has 10 heterocycles. The van der Waals surface area contributed by atoms with E-state index in [0.29, 0.717) is 26.4 Å². The first-order valence-corrected chi connectivity index (χ1v) is 55.4. The monoisotopic (exact) mass is 1910 g/mol. The van der Waals surface area contributed by atoms with Gasteiger partial charge in [-0.05, 0) is 432 Å². The Morgan fingerprint density at radius 1 is 0.246 bits per heavy atom. The first kappa shape index (κ1) is 116. The number of piperidine rings is 9. The minimum absolute atomic E-state index is 0.675. The Kier molecular flexibility index (Phi) is 57.2. The first-order valence-electron chi connectivity index (χ1n) is 55.4. The molecule has 0 unspecified atom stereocenters. The molecule has 138 heavy (non-hydrogen) atoms. The number of ether oxygens (including phenoxy) is 7. The fraction of sp³-hybridized carbons (Fsp3) is 0.700. The summed E-state index contributed by atoms with van der Waals surface area (Å²) in [6.45, 7) is 65.3. The summed E-state index contributed by atoms with van der Waals surface area (Å²) in [5.41, 5.74) is 9.85. The number of likely N-dealkylation sites (N-methyl/N-ethyl adjacent to an activating group) is 1. The largest absolute Gasteiger partial charge is 0.494 e. The van der Waals surface area contributed by atoms with Crippen molar-refractivity contribution >= 4 is 0 Å². The van der Waals surface area contributed by atoms with E-state index in [-0.39, 0.29) is 0 Å². The topological polar surface area (TPSA) is 100 Å². The molecule has 16 rings (SSSR count). The van der Waals surface area contributed by atoms with Gasteiger partial charge in [0.15, 0.2) is 0 Å². The SMILES string of the molecule is CC1CCN(C2CCN(C)CC2)CC1.CC1CCN(CC2CCN(C)CC2)CC1.CC1CCN(CCC2CCN(C)CC2)CC1.CC1CCN(CCN2CCC(C)CC2)CC1.CC1CCN(CCN2CCN(C)CC2)CC1.COCCCOCCCOc1ccc(-c2ccc(C)cc2)cc1.COCCCOc1cccc(-c2ccc(C)cc2)c1.Cc1ccc(OCCCOc2cccc(C)c2)cc1. The van der Waals surface area contributed by atoms with Crippen LogP contribution in [0.15, 0.2) is 146 Å². The number of aryl methyl sites for hydroxylation is 4. The number of hydrogen-bond acceptors (Lipinski definition) is 18. The lowest BCUT2D eigenvalue weighted by atomic mass is 9.92. The van der Waals surface area contributed by atoms with E-state index in [1.807, 2.05) is 54.6 Å². The third kappa shape index (κ3) is 49.5. The molecule has 10 saturated heterocycles. The third-order valence-corrected chi connectivity index (χ3v) is 30.9. The van der Waals surface area contributed by atoms with Crippen LogP contribution >= 0.6 is 0 Å². The summed E-state index contributed by atoms with van der Waals surface area (Å²) in [6, 6.07) is 50.6. The lowest BCUT2D eigenvalue weighted by Crippen LogP contribution is -2.47. The van der Waals surface area contributed by atoms with Crippen molar-refractivity contribution in [3.63, 3.8) is 0 Å². The average molecular weight is 1910 g/mol. The van der Waals surface area contributed by atoms with Crippen LogP contribution in [0.25, 0.3) is 22.3 Å². The Bertz CT molecular complexity index is 3740. The second kappa shape index (κ2) is 68.3.